The first-order valence-corrected chi connectivity index (χ1v) is 7.76. The molecule has 1 aliphatic heterocycles. The second-order valence-electron chi connectivity index (χ2n) is 5.92. The van der Waals surface area contributed by atoms with E-state index >= 15 is 0 Å². The number of carbonyl (C=O) groups is 2. The molecule has 0 saturated heterocycles. The van der Waals surface area contributed by atoms with E-state index in [9.17, 15) is 9.59 Å². The van der Waals surface area contributed by atoms with E-state index in [0.717, 1.165) is 28.9 Å². The molecule has 1 unspecified atom stereocenters. The van der Waals surface area contributed by atoms with Crippen molar-refractivity contribution in [3.63, 3.8) is 0 Å². The summed E-state index contributed by atoms with van der Waals surface area (Å²) in [4.78, 5) is 28.2. The Labute approximate surface area is 132 Å². The van der Waals surface area contributed by atoms with Gasteiger partial charge < -0.3 is 4.90 Å². The van der Waals surface area contributed by atoms with Crippen LogP contribution in [0.1, 0.15) is 44.7 Å². The standard InChI is InChI=1S/C18H24N2O2/c1-6-8-16-18(22)20(14(4)11-19(16)15(5)21)17-12(2)9-7-10-13(17)3/h7,9-11,16H,6,8H2,1-5H3. The number of aryl methyl sites for hydroxylation is 2. The third-order valence-electron chi connectivity index (χ3n) is 4.11. The molecule has 0 spiro atoms. The molecule has 1 heterocycles. The fourth-order valence-corrected chi connectivity index (χ4v) is 3.08. The van der Waals surface area contributed by atoms with E-state index in [2.05, 4.69) is 0 Å². The van der Waals surface area contributed by atoms with Gasteiger partial charge in [-0.3, -0.25) is 14.5 Å². The zero-order valence-electron chi connectivity index (χ0n) is 14.0. The van der Waals surface area contributed by atoms with Gasteiger partial charge in [0.2, 0.25) is 5.91 Å². The van der Waals surface area contributed by atoms with Crippen LogP contribution in [-0.2, 0) is 9.59 Å². The molecule has 0 aromatic heterocycles. The van der Waals surface area contributed by atoms with Crippen LogP contribution in [0.5, 0.6) is 0 Å². The summed E-state index contributed by atoms with van der Waals surface area (Å²) in [6.07, 6.45) is 3.33. The van der Waals surface area contributed by atoms with Crippen molar-refractivity contribution < 1.29 is 9.59 Å². The highest BCUT2D eigenvalue weighted by Gasteiger charge is 2.36. The monoisotopic (exact) mass is 300 g/mol. The summed E-state index contributed by atoms with van der Waals surface area (Å²) in [6.45, 7) is 9.43. The van der Waals surface area contributed by atoms with Crippen LogP contribution in [0.25, 0.3) is 0 Å². The van der Waals surface area contributed by atoms with Crippen LogP contribution in [-0.4, -0.2) is 22.8 Å². The normalized spacial score (nSPS) is 18.5. The SMILES string of the molecule is CCCC1C(=O)N(c2c(C)cccc2C)C(C)=CN1C(C)=O. The number of amides is 2. The van der Waals surface area contributed by atoms with Crippen molar-refractivity contribution in [2.75, 3.05) is 4.90 Å². The number of anilines is 1. The molecule has 1 aromatic carbocycles. The molecule has 1 aromatic rings. The van der Waals surface area contributed by atoms with Crippen molar-refractivity contribution in [3.05, 3.63) is 41.2 Å². The minimum atomic E-state index is -0.412. The van der Waals surface area contributed by atoms with Gasteiger partial charge in [0.25, 0.3) is 5.91 Å². The predicted octanol–water partition coefficient (Wildman–Crippen LogP) is 3.53. The summed E-state index contributed by atoms with van der Waals surface area (Å²) in [5.74, 6) is -0.109. The van der Waals surface area contributed by atoms with Crippen LogP contribution in [0.15, 0.2) is 30.1 Å². The molecule has 0 bridgehead atoms. The molecule has 2 rings (SSSR count). The fraction of sp³-hybridized carbons (Fsp3) is 0.444. The largest absolute Gasteiger partial charge is 0.305 e. The Morgan fingerprint density at radius 3 is 2.27 bits per heavy atom. The molecule has 0 N–H and O–H groups in total. The zero-order valence-corrected chi connectivity index (χ0v) is 14.0. The van der Waals surface area contributed by atoms with Gasteiger partial charge in [-0.05, 0) is 38.3 Å². The minimum Gasteiger partial charge on any atom is -0.305 e. The lowest BCUT2D eigenvalue weighted by atomic mass is 10.0. The molecule has 118 valence electrons. The van der Waals surface area contributed by atoms with Gasteiger partial charge in [-0.15, -0.1) is 0 Å². The lowest BCUT2D eigenvalue weighted by Gasteiger charge is -2.39. The van der Waals surface area contributed by atoms with Crippen molar-refractivity contribution in [1.29, 1.82) is 0 Å². The smallest absolute Gasteiger partial charge is 0.254 e. The Morgan fingerprint density at radius 2 is 1.77 bits per heavy atom. The van der Waals surface area contributed by atoms with Crippen molar-refractivity contribution in [1.82, 2.24) is 4.90 Å². The number of hydrogen-bond acceptors (Lipinski definition) is 2. The second-order valence-corrected chi connectivity index (χ2v) is 5.92. The van der Waals surface area contributed by atoms with Crippen molar-refractivity contribution in [2.45, 2.75) is 53.5 Å². The highest BCUT2D eigenvalue weighted by atomic mass is 16.2. The fourth-order valence-electron chi connectivity index (χ4n) is 3.08. The summed E-state index contributed by atoms with van der Waals surface area (Å²) in [6, 6.07) is 5.60. The third-order valence-corrected chi connectivity index (χ3v) is 4.11. The average Bonchev–Trinajstić information content (AvgIpc) is 2.44. The molecule has 0 aliphatic carbocycles. The number of carbonyl (C=O) groups excluding carboxylic acids is 2. The first-order valence-electron chi connectivity index (χ1n) is 7.76. The first kappa shape index (κ1) is 16.3. The summed E-state index contributed by atoms with van der Waals surface area (Å²) in [5, 5.41) is 0. The van der Waals surface area contributed by atoms with Gasteiger partial charge in [-0.1, -0.05) is 31.5 Å². The minimum absolute atomic E-state index is 0.0190. The number of rotatable bonds is 3. The Morgan fingerprint density at radius 1 is 1.18 bits per heavy atom. The summed E-state index contributed by atoms with van der Waals surface area (Å²) in [5.41, 5.74) is 3.84. The number of benzene rings is 1. The molecule has 22 heavy (non-hydrogen) atoms. The summed E-state index contributed by atoms with van der Waals surface area (Å²) in [7, 11) is 0. The van der Waals surface area contributed by atoms with Gasteiger partial charge in [0, 0.05) is 18.8 Å². The number of nitrogens with zero attached hydrogens (tertiary/aromatic N) is 2. The molecular weight excluding hydrogens is 276 g/mol. The van der Waals surface area contributed by atoms with Gasteiger partial charge in [-0.2, -0.15) is 0 Å². The van der Waals surface area contributed by atoms with Gasteiger partial charge in [0.05, 0.1) is 5.69 Å². The van der Waals surface area contributed by atoms with E-state index < -0.39 is 6.04 Å². The lowest BCUT2D eigenvalue weighted by molar-refractivity contribution is -0.135. The molecule has 4 heteroatoms. The predicted molar refractivity (Wildman–Crippen MR) is 88.4 cm³/mol. The molecule has 1 atom stereocenters. The van der Waals surface area contributed by atoms with E-state index in [1.54, 1.807) is 16.0 Å². The van der Waals surface area contributed by atoms with Crippen molar-refractivity contribution in [2.24, 2.45) is 0 Å². The number of hydrogen-bond donors (Lipinski definition) is 0. The zero-order chi connectivity index (χ0) is 16.4. The van der Waals surface area contributed by atoms with Gasteiger partial charge in [0.1, 0.15) is 6.04 Å². The molecule has 4 nitrogen and oxygen atoms in total. The van der Waals surface area contributed by atoms with Crippen LogP contribution < -0.4 is 4.90 Å². The maximum atomic E-state index is 13.0. The van der Waals surface area contributed by atoms with Crippen LogP contribution in [0.3, 0.4) is 0 Å². The Bertz CT molecular complexity index is 614. The summed E-state index contributed by atoms with van der Waals surface area (Å²) < 4.78 is 0. The Kier molecular flexibility index (Phi) is 4.69. The topological polar surface area (TPSA) is 40.6 Å². The maximum absolute atomic E-state index is 13.0. The highest BCUT2D eigenvalue weighted by Crippen LogP contribution is 2.32. The number of allylic oxidation sites excluding steroid dienone is 1. The number of para-hydroxylation sites is 1. The summed E-state index contributed by atoms with van der Waals surface area (Å²) >= 11 is 0. The third kappa shape index (κ3) is 2.78. The quantitative estimate of drug-likeness (QED) is 0.857. The van der Waals surface area contributed by atoms with E-state index in [-0.39, 0.29) is 11.8 Å². The second kappa shape index (κ2) is 6.34. The molecular formula is C18H24N2O2. The highest BCUT2D eigenvalue weighted by molar-refractivity contribution is 6.04. The molecule has 1 aliphatic rings. The van der Waals surface area contributed by atoms with Crippen LogP contribution in [0.2, 0.25) is 0 Å². The van der Waals surface area contributed by atoms with Gasteiger partial charge in [0.15, 0.2) is 0 Å². The van der Waals surface area contributed by atoms with Crippen molar-refractivity contribution >= 4 is 17.5 Å². The molecule has 0 fully saturated rings. The maximum Gasteiger partial charge on any atom is 0.254 e. The van der Waals surface area contributed by atoms with E-state index in [4.69, 9.17) is 0 Å². The molecule has 0 radical (unpaired) electrons. The average molecular weight is 300 g/mol. The van der Waals surface area contributed by atoms with E-state index in [1.165, 1.54) is 6.92 Å². The Hall–Kier alpha value is -2.10. The van der Waals surface area contributed by atoms with Crippen LogP contribution in [0.4, 0.5) is 5.69 Å². The molecule has 2 amide bonds. The van der Waals surface area contributed by atoms with Crippen LogP contribution >= 0.6 is 0 Å². The Balaban J connectivity index is 2.55. The van der Waals surface area contributed by atoms with E-state index in [1.807, 2.05) is 45.9 Å². The van der Waals surface area contributed by atoms with Crippen LogP contribution in [0, 0.1) is 13.8 Å². The van der Waals surface area contributed by atoms with Crippen molar-refractivity contribution in [3.8, 4) is 0 Å². The van der Waals surface area contributed by atoms with Gasteiger partial charge in [-0.25, -0.2) is 0 Å². The van der Waals surface area contributed by atoms with Gasteiger partial charge >= 0.3 is 0 Å². The molecule has 0 saturated carbocycles. The lowest BCUT2D eigenvalue weighted by Crippen LogP contribution is -2.52. The van der Waals surface area contributed by atoms with E-state index in [0.29, 0.717) is 6.42 Å². The first-order chi connectivity index (χ1) is 10.4.